The van der Waals surface area contributed by atoms with Gasteiger partial charge < -0.3 is 20.7 Å². The molecule has 0 spiro atoms. The molecule has 0 aromatic rings. The molecule has 3 atom stereocenters. The van der Waals surface area contributed by atoms with Crippen molar-refractivity contribution in [2.24, 2.45) is 11.7 Å². The van der Waals surface area contributed by atoms with Crippen LogP contribution >= 0.6 is 0 Å². The number of carbonyl (C=O) groups is 2. The minimum Gasteiger partial charge on any atom is -0.379 e. The lowest BCUT2D eigenvalue weighted by molar-refractivity contribution is -0.128. The Morgan fingerprint density at radius 3 is 2.74 bits per heavy atom. The van der Waals surface area contributed by atoms with Gasteiger partial charge in [0.15, 0.2) is 0 Å². The van der Waals surface area contributed by atoms with Gasteiger partial charge in [-0.05, 0) is 5.92 Å². The summed E-state index contributed by atoms with van der Waals surface area (Å²) >= 11 is 0. The smallest absolute Gasteiger partial charge is 0.237 e. The van der Waals surface area contributed by atoms with Crippen LogP contribution in [0.3, 0.4) is 0 Å². The minimum absolute atomic E-state index is 0.112. The number of ether oxygens (including phenoxy) is 1. The fraction of sp³-hybridized carbons (Fsp3) is 0.875. The zero-order chi connectivity index (χ0) is 16.8. The van der Waals surface area contributed by atoms with Crippen LogP contribution in [0.25, 0.3) is 0 Å². The van der Waals surface area contributed by atoms with Crippen LogP contribution in [0.5, 0.6) is 0 Å². The fourth-order valence-electron chi connectivity index (χ4n) is 2.98. The van der Waals surface area contributed by atoms with Crippen LogP contribution < -0.4 is 11.1 Å². The quantitative estimate of drug-likeness (QED) is 0.653. The van der Waals surface area contributed by atoms with E-state index in [-0.39, 0.29) is 23.8 Å². The summed E-state index contributed by atoms with van der Waals surface area (Å²) in [5, 5.41) is 2.93. The van der Waals surface area contributed by atoms with E-state index >= 15 is 0 Å². The Labute approximate surface area is 138 Å². The number of hydrogen-bond donors (Lipinski definition) is 2. The van der Waals surface area contributed by atoms with E-state index in [4.69, 9.17) is 10.5 Å². The van der Waals surface area contributed by atoms with E-state index < -0.39 is 6.04 Å². The Morgan fingerprint density at radius 1 is 1.39 bits per heavy atom. The lowest BCUT2D eigenvalue weighted by Crippen LogP contribution is -2.49. The van der Waals surface area contributed by atoms with Gasteiger partial charge in [0.25, 0.3) is 0 Å². The third-order valence-electron chi connectivity index (χ3n) is 4.91. The van der Waals surface area contributed by atoms with Gasteiger partial charge in [-0.2, -0.15) is 0 Å². The van der Waals surface area contributed by atoms with Gasteiger partial charge in [0.2, 0.25) is 11.8 Å². The van der Waals surface area contributed by atoms with Crippen LogP contribution in [0.4, 0.5) is 0 Å². The average molecular weight is 326 g/mol. The lowest BCUT2D eigenvalue weighted by atomic mass is 9.99. The number of nitrogens with two attached hydrogens (primary N) is 1. The first-order valence-corrected chi connectivity index (χ1v) is 8.65. The maximum Gasteiger partial charge on any atom is 0.237 e. The molecule has 0 aliphatic carbocycles. The van der Waals surface area contributed by atoms with Crippen molar-refractivity contribution in [3.63, 3.8) is 0 Å². The van der Waals surface area contributed by atoms with E-state index in [1.54, 1.807) is 0 Å². The van der Waals surface area contributed by atoms with Crippen molar-refractivity contribution in [3.8, 4) is 0 Å². The summed E-state index contributed by atoms with van der Waals surface area (Å²) in [4.78, 5) is 28.4. The molecule has 132 valence electrons. The first kappa shape index (κ1) is 18.2. The van der Waals surface area contributed by atoms with Crippen molar-refractivity contribution in [1.29, 1.82) is 0 Å². The molecule has 23 heavy (non-hydrogen) atoms. The molecule has 7 nitrogen and oxygen atoms in total. The van der Waals surface area contributed by atoms with Gasteiger partial charge in [-0.1, -0.05) is 20.3 Å². The molecule has 2 fully saturated rings. The number of amides is 2. The molecule has 2 rings (SSSR count). The van der Waals surface area contributed by atoms with Crippen LogP contribution in [-0.4, -0.2) is 79.6 Å². The van der Waals surface area contributed by atoms with Gasteiger partial charge in [-0.3, -0.25) is 14.5 Å². The molecular formula is C16H30N4O3. The first-order valence-electron chi connectivity index (χ1n) is 8.65. The Kier molecular flexibility index (Phi) is 6.80. The monoisotopic (exact) mass is 326 g/mol. The zero-order valence-corrected chi connectivity index (χ0v) is 14.3. The maximum atomic E-state index is 12.1. The molecule has 0 aromatic heterocycles. The van der Waals surface area contributed by atoms with Gasteiger partial charge in [-0.15, -0.1) is 0 Å². The van der Waals surface area contributed by atoms with Crippen molar-refractivity contribution in [2.75, 3.05) is 45.9 Å². The van der Waals surface area contributed by atoms with Crippen LogP contribution in [0.15, 0.2) is 0 Å². The number of carbonyl (C=O) groups excluding carboxylic acids is 2. The number of morpholine rings is 1. The van der Waals surface area contributed by atoms with Crippen molar-refractivity contribution in [3.05, 3.63) is 0 Å². The minimum atomic E-state index is -0.502. The van der Waals surface area contributed by atoms with Gasteiger partial charge >= 0.3 is 0 Å². The molecule has 0 radical (unpaired) electrons. The third kappa shape index (κ3) is 5.16. The molecule has 3 unspecified atom stereocenters. The second kappa shape index (κ2) is 8.61. The highest BCUT2D eigenvalue weighted by Gasteiger charge is 2.32. The van der Waals surface area contributed by atoms with E-state index in [1.165, 1.54) is 0 Å². The van der Waals surface area contributed by atoms with E-state index in [1.807, 2.05) is 18.7 Å². The topological polar surface area (TPSA) is 87.9 Å². The van der Waals surface area contributed by atoms with Crippen LogP contribution in [0, 0.1) is 5.92 Å². The summed E-state index contributed by atoms with van der Waals surface area (Å²) in [7, 11) is 0. The predicted octanol–water partition coefficient (Wildman–Crippen LogP) is -0.591. The molecule has 7 heteroatoms. The normalized spacial score (nSPS) is 25.4. The van der Waals surface area contributed by atoms with Crippen molar-refractivity contribution < 1.29 is 14.3 Å². The number of nitrogens with zero attached hydrogens (tertiary/aromatic N) is 2. The Bertz CT molecular complexity index is 412. The molecule has 2 amide bonds. The number of rotatable bonds is 7. The van der Waals surface area contributed by atoms with Crippen molar-refractivity contribution in [1.82, 2.24) is 15.1 Å². The third-order valence-corrected chi connectivity index (χ3v) is 4.91. The highest BCUT2D eigenvalue weighted by Crippen LogP contribution is 2.13. The maximum absolute atomic E-state index is 12.1. The summed E-state index contributed by atoms with van der Waals surface area (Å²) in [6.45, 7) is 9.52. The highest BCUT2D eigenvalue weighted by molar-refractivity contribution is 5.84. The van der Waals surface area contributed by atoms with E-state index in [2.05, 4.69) is 10.2 Å². The number of likely N-dealkylation sites (tertiary alicyclic amines) is 1. The molecule has 0 aromatic carbocycles. The van der Waals surface area contributed by atoms with Crippen molar-refractivity contribution in [2.45, 2.75) is 38.8 Å². The molecule has 3 N–H and O–H groups in total. The molecule has 2 saturated heterocycles. The lowest BCUT2D eigenvalue weighted by Gasteiger charge is -2.28. The second-order valence-electron chi connectivity index (χ2n) is 6.61. The molecule has 0 bridgehead atoms. The van der Waals surface area contributed by atoms with E-state index in [9.17, 15) is 9.59 Å². The highest BCUT2D eigenvalue weighted by atomic mass is 16.5. The van der Waals surface area contributed by atoms with E-state index in [0.717, 1.165) is 39.3 Å². The van der Waals surface area contributed by atoms with Gasteiger partial charge in [-0.25, -0.2) is 0 Å². The largest absolute Gasteiger partial charge is 0.379 e. The number of nitrogens with one attached hydrogen (secondary N) is 1. The van der Waals surface area contributed by atoms with Crippen molar-refractivity contribution >= 4 is 11.8 Å². The van der Waals surface area contributed by atoms with Crippen LogP contribution in [-0.2, 0) is 14.3 Å². The molecule has 2 heterocycles. The van der Waals surface area contributed by atoms with Gasteiger partial charge in [0.1, 0.15) is 0 Å². The predicted molar refractivity (Wildman–Crippen MR) is 87.8 cm³/mol. The second-order valence-corrected chi connectivity index (χ2v) is 6.61. The molecule has 2 aliphatic rings. The standard InChI is InChI=1S/C16H30N4O3/c1-3-12(2)15(17)16(22)18-13-10-14(21)20(11-13)5-4-19-6-8-23-9-7-19/h12-13,15H,3-11,17H2,1-2H3,(H,18,22). The number of hydrogen-bond acceptors (Lipinski definition) is 5. The summed E-state index contributed by atoms with van der Waals surface area (Å²) in [6, 6.07) is -0.618. The summed E-state index contributed by atoms with van der Waals surface area (Å²) in [5.41, 5.74) is 5.95. The Hall–Kier alpha value is -1.18. The van der Waals surface area contributed by atoms with Crippen LogP contribution in [0.2, 0.25) is 0 Å². The average Bonchev–Trinajstić information content (AvgIpc) is 2.91. The SMILES string of the molecule is CCC(C)C(N)C(=O)NC1CC(=O)N(CCN2CCOCC2)C1. The van der Waals surface area contributed by atoms with Gasteiger partial charge in [0, 0.05) is 39.1 Å². The van der Waals surface area contributed by atoms with Gasteiger partial charge in [0.05, 0.1) is 25.3 Å². The fourth-order valence-corrected chi connectivity index (χ4v) is 2.98. The molecule has 0 saturated carbocycles. The van der Waals surface area contributed by atoms with E-state index in [0.29, 0.717) is 19.5 Å². The summed E-state index contributed by atoms with van der Waals surface area (Å²) in [6.07, 6.45) is 1.24. The summed E-state index contributed by atoms with van der Waals surface area (Å²) < 4.78 is 5.32. The molecule has 2 aliphatic heterocycles. The Balaban J connectivity index is 1.74. The van der Waals surface area contributed by atoms with Crippen LogP contribution in [0.1, 0.15) is 26.7 Å². The zero-order valence-electron chi connectivity index (χ0n) is 14.3. The Morgan fingerprint density at radius 2 is 2.09 bits per heavy atom. The molecular weight excluding hydrogens is 296 g/mol. The first-order chi connectivity index (χ1) is 11.0. The summed E-state index contributed by atoms with van der Waals surface area (Å²) in [5.74, 6) is 0.109.